The largest absolute Gasteiger partial charge is 0.488 e. The molecule has 2 amide bonds. The van der Waals surface area contributed by atoms with Gasteiger partial charge in [0.2, 0.25) is 5.91 Å². The number of amides is 2. The first-order valence-electron chi connectivity index (χ1n) is 18.4. The number of benzene rings is 4. The van der Waals surface area contributed by atoms with Gasteiger partial charge in [-0.3, -0.25) is 4.79 Å². The maximum atomic E-state index is 15.0. The average Bonchev–Trinajstić information content (AvgIpc) is 3.71. The number of nitrogens with zero attached hydrogens (tertiary/aromatic N) is 1. The zero-order valence-corrected chi connectivity index (χ0v) is 32.3. The Hall–Kier alpha value is -4.70. The summed E-state index contributed by atoms with van der Waals surface area (Å²) in [5.41, 5.74) is 6.05. The van der Waals surface area contributed by atoms with E-state index >= 15 is 0 Å². The maximum absolute atomic E-state index is 15.0. The number of hydrogen-bond acceptors (Lipinski definition) is 7. The molecule has 0 saturated heterocycles. The fraction of sp³-hybridized carbons (Fsp3) is 0.364. The van der Waals surface area contributed by atoms with E-state index in [9.17, 15) is 9.59 Å². The molecule has 0 saturated carbocycles. The Kier molecular flexibility index (Phi) is 12.2. The monoisotopic (exact) mass is 734 g/mol. The number of hydrogen-bond donors (Lipinski definition) is 1. The van der Waals surface area contributed by atoms with Gasteiger partial charge in [-0.15, -0.1) is 11.3 Å². The zero-order valence-electron chi connectivity index (χ0n) is 31.5. The van der Waals surface area contributed by atoms with Crippen molar-refractivity contribution in [3.8, 4) is 16.9 Å². The van der Waals surface area contributed by atoms with Gasteiger partial charge in [-0.2, -0.15) is 0 Å². The molecule has 0 aliphatic heterocycles. The molecule has 2 atom stereocenters. The Morgan fingerprint density at radius 1 is 0.830 bits per heavy atom. The summed E-state index contributed by atoms with van der Waals surface area (Å²) in [4.78, 5) is 30.5. The summed E-state index contributed by atoms with van der Waals surface area (Å²) in [6.45, 7) is 13.0. The van der Waals surface area contributed by atoms with E-state index in [1.807, 2.05) is 102 Å². The lowest BCUT2D eigenvalue weighted by Crippen LogP contribution is -2.55. The van der Waals surface area contributed by atoms with Crippen molar-refractivity contribution in [1.82, 2.24) is 10.2 Å². The second-order valence-electron chi connectivity index (χ2n) is 14.3. The number of carbonyl (C=O) groups is 2. The summed E-state index contributed by atoms with van der Waals surface area (Å²) in [6, 6.07) is 30.9. The van der Waals surface area contributed by atoms with Crippen molar-refractivity contribution >= 4 is 33.4 Å². The van der Waals surface area contributed by atoms with Crippen molar-refractivity contribution in [2.24, 2.45) is 0 Å². The summed E-state index contributed by atoms with van der Waals surface area (Å²) in [5, 5.41) is 6.16. The topological polar surface area (TPSA) is 86.3 Å². The van der Waals surface area contributed by atoms with Crippen LogP contribution in [0.4, 0.5) is 4.79 Å². The molecule has 0 unspecified atom stereocenters. The normalized spacial score (nSPS) is 13.7. The molecule has 278 valence electrons. The molecule has 0 bridgehead atoms. The fourth-order valence-electron chi connectivity index (χ4n) is 7.03. The van der Waals surface area contributed by atoms with Crippen LogP contribution >= 0.6 is 11.3 Å². The Morgan fingerprint density at radius 3 is 2.06 bits per heavy atom. The lowest BCUT2D eigenvalue weighted by atomic mass is 9.98. The number of fused-ring (bicyclic) bond motifs is 4. The smallest absolute Gasteiger partial charge is 0.407 e. The minimum absolute atomic E-state index is 0.112. The Labute approximate surface area is 317 Å². The van der Waals surface area contributed by atoms with Crippen LogP contribution in [-0.2, 0) is 32.0 Å². The van der Waals surface area contributed by atoms with Crippen LogP contribution in [0.25, 0.3) is 21.2 Å². The van der Waals surface area contributed by atoms with Crippen molar-refractivity contribution in [3.05, 3.63) is 125 Å². The van der Waals surface area contributed by atoms with Gasteiger partial charge in [0.25, 0.3) is 0 Å². The van der Waals surface area contributed by atoms with Crippen LogP contribution in [0, 0.1) is 0 Å². The first-order chi connectivity index (χ1) is 25.6. The van der Waals surface area contributed by atoms with E-state index in [0.29, 0.717) is 19.8 Å². The second-order valence-corrected chi connectivity index (χ2v) is 15.2. The number of ether oxygens (including phenoxy) is 4. The van der Waals surface area contributed by atoms with Crippen LogP contribution in [0.15, 0.2) is 102 Å². The number of thiophene rings is 1. The molecular formula is C44H50N2O6S. The molecular weight excluding hydrogens is 685 g/mol. The lowest BCUT2D eigenvalue weighted by molar-refractivity contribution is -0.179. The van der Waals surface area contributed by atoms with Gasteiger partial charge in [0.15, 0.2) is 6.29 Å². The molecule has 1 aliphatic carbocycles. The van der Waals surface area contributed by atoms with Crippen LogP contribution < -0.4 is 10.1 Å². The minimum atomic E-state index is -0.948. The summed E-state index contributed by atoms with van der Waals surface area (Å²) >= 11 is 1.64. The molecule has 6 rings (SSSR count). The van der Waals surface area contributed by atoms with Gasteiger partial charge in [0.1, 0.15) is 24.0 Å². The summed E-state index contributed by atoms with van der Waals surface area (Å²) in [5.74, 6) is 0.351. The van der Waals surface area contributed by atoms with Gasteiger partial charge in [0.05, 0.1) is 6.04 Å². The lowest BCUT2D eigenvalue weighted by Gasteiger charge is -2.36. The van der Waals surface area contributed by atoms with Gasteiger partial charge in [-0.25, -0.2) is 4.79 Å². The van der Waals surface area contributed by atoms with Gasteiger partial charge < -0.3 is 29.2 Å². The fourth-order valence-corrected chi connectivity index (χ4v) is 7.98. The molecule has 9 heteroatoms. The highest BCUT2D eigenvalue weighted by Crippen LogP contribution is 2.44. The second kappa shape index (κ2) is 17.0. The molecule has 0 fully saturated rings. The molecule has 4 aromatic carbocycles. The van der Waals surface area contributed by atoms with Crippen molar-refractivity contribution < 1.29 is 28.5 Å². The highest BCUT2D eigenvalue weighted by molar-refractivity contribution is 7.17. The molecule has 0 spiro atoms. The van der Waals surface area contributed by atoms with Crippen LogP contribution in [0.3, 0.4) is 0 Å². The van der Waals surface area contributed by atoms with Crippen LogP contribution in [0.1, 0.15) is 69.7 Å². The molecule has 53 heavy (non-hydrogen) atoms. The van der Waals surface area contributed by atoms with Crippen molar-refractivity contribution in [2.75, 3.05) is 19.8 Å². The zero-order chi connectivity index (χ0) is 37.5. The molecule has 0 radical (unpaired) electrons. The van der Waals surface area contributed by atoms with Crippen molar-refractivity contribution in [3.63, 3.8) is 0 Å². The number of carbonyl (C=O) groups excluding carboxylic acids is 2. The highest BCUT2D eigenvalue weighted by atomic mass is 32.1. The standard InChI is InChI=1S/C44H50N2O6S/c1-7-49-42(50-8-2)29(3)46(26-31-28-53-40-20-14-13-15-33(31)40)41(47)39(25-30-21-23-32(24-22-30)52-44(4,5)6)45-43(48)51-27-38-36-18-11-9-16-34(36)35-17-10-12-19-37(35)38/h9-24,28-29,38-39,42H,7-8,25-27H2,1-6H3,(H,45,48)/t29-,39-/m0/s1. The molecule has 1 N–H and O–H groups in total. The third kappa shape index (κ3) is 9.10. The first kappa shape index (κ1) is 38.0. The van der Waals surface area contributed by atoms with E-state index < -0.39 is 24.5 Å². The molecule has 1 aliphatic rings. The van der Waals surface area contributed by atoms with Gasteiger partial charge in [-0.1, -0.05) is 78.9 Å². The van der Waals surface area contributed by atoms with E-state index in [0.717, 1.165) is 49.2 Å². The van der Waals surface area contributed by atoms with E-state index in [1.54, 1.807) is 16.2 Å². The number of rotatable bonds is 15. The summed E-state index contributed by atoms with van der Waals surface area (Å²) in [7, 11) is 0. The van der Waals surface area contributed by atoms with Crippen molar-refractivity contribution in [1.29, 1.82) is 0 Å². The van der Waals surface area contributed by atoms with Crippen LogP contribution in [0.2, 0.25) is 0 Å². The summed E-state index contributed by atoms with van der Waals surface area (Å²) in [6.07, 6.45) is -1.08. The quantitative estimate of drug-likeness (QED) is 0.108. The van der Waals surface area contributed by atoms with Crippen LogP contribution in [0.5, 0.6) is 5.75 Å². The summed E-state index contributed by atoms with van der Waals surface area (Å²) < 4.78 is 25.2. The maximum Gasteiger partial charge on any atom is 0.407 e. The SMILES string of the molecule is CCOC(OCC)[C@H](C)N(Cc1csc2ccccc12)C(=O)[C@H](Cc1ccc(OC(C)(C)C)cc1)NC(=O)OCC1c2ccccc2-c2ccccc21. The van der Waals surface area contributed by atoms with E-state index in [-0.39, 0.29) is 30.5 Å². The highest BCUT2D eigenvalue weighted by Gasteiger charge is 2.35. The molecule has 1 heterocycles. The molecule has 8 nitrogen and oxygen atoms in total. The van der Waals surface area contributed by atoms with Gasteiger partial charge in [-0.05, 0) is 104 Å². The molecule has 1 aromatic heterocycles. The predicted molar refractivity (Wildman–Crippen MR) is 211 cm³/mol. The Bertz CT molecular complexity index is 1950. The van der Waals surface area contributed by atoms with E-state index in [4.69, 9.17) is 18.9 Å². The Balaban J connectivity index is 1.29. The average molecular weight is 735 g/mol. The third-order valence-corrected chi connectivity index (χ3v) is 10.5. The first-order valence-corrected chi connectivity index (χ1v) is 19.3. The molecule has 5 aromatic rings. The Morgan fingerprint density at radius 2 is 1.43 bits per heavy atom. The third-order valence-electron chi connectivity index (χ3n) is 9.45. The number of alkyl carbamates (subject to hydrolysis) is 1. The van der Waals surface area contributed by atoms with Gasteiger partial charge in [0, 0.05) is 36.8 Å². The van der Waals surface area contributed by atoms with Crippen molar-refractivity contribution in [2.45, 2.75) is 84.4 Å². The number of nitrogens with one attached hydrogen (secondary N) is 1. The predicted octanol–water partition coefficient (Wildman–Crippen LogP) is 9.34. The minimum Gasteiger partial charge on any atom is -0.488 e. The van der Waals surface area contributed by atoms with Crippen LogP contribution in [-0.4, -0.2) is 60.7 Å². The van der Waals surface area contributed by atoms with E-state index in [1.165, 1.54) is 0 Å². The van der Waals surface area contributed by atoms with Gasteiger partial charge >= 0.3 is 6.09 Å². The van der Waals surface area contributed by atoms with E-state index in [2.05, 4.69) is 47.1 Å².